The third kappa shape index (κ3) is 5.19. The van der Waals surface area contributed by atoms with Crippen molar-refractivity contribution in [2.45, 2.75) is 19.8 Å². The molecule has 0 aliphatic heterocycles. The Morgan fingerprint density at radius 1 is 1.40 bits per heavy atom. The van der Waals surface area contributed by atoms with Gasteiger partial charge in [0, 0.05) is 6.42 Å². The van der Waals surface area contributed by atoms with E-state index in [-0.39, 0.29) is 11.9 Å². The van der Waals surface area contributed by atoms with Crippen LogP contribution >= 0.6 is 0 Å². The summed E-state index contributed by atoms with van der Waals surface area (Å²) in [6.45, 7) is 2.17. The summed E-state index contributed by atoms with van der Waals surface area (Å²) in [6, 6.07) is 7.69. The van der Waals surface area contributed by atoms with E-state index in [9.17, 15) is 4.79 Å². The highest BCUT2D eigenvalue weighted by atomic mass is 16.5. The number of ether oxygens (including phenoxy) is 2. The Kier molecular flexibility index (Phi) is 6.99. The van der Waals surface area contributed by atoms with Crippen LogP contribution in [-0.2, 0) is 9.53 Å². The van der Waals surface area contributed by atoms with Gasteiger partial charge in [0.25, 0.3) is 0 Å². The second-order valence-corrected chi connectivity index (χ2v) is 4.27. The monoisotopic (exact) mass is 272 g/mol. The van der Waals surface area contributed by atoms with Gasteiger partial charge >= 0.3 is 5.97 Å². The summed E-state index contributed by atoms with van der Waals surface area (Å²) in [5.74, 6) is 2.84. The molecule has 1 aromatic rings. The first-order valence-corrected chi connectivity index (χ1v) is 6.62. The summed E-state index contributed by atoms with van der Waals surface area (Å²) in [7, 11) is 1.63. The van der Waals surface area contributed by atoms with Gasteiger partial charge in [-0.1, -0.05) is 24.3 Å². The van der Waals surface area contributed by atoms with Crippen LogP contribution < -0.4 is 4.74 Å². The van der Waals surface area contributed by atoms with E-state index >= 15 is 0 Å². The van der Waals surface area contributed by atoms with Gasteiger partial charge in [-0.05, 0) is 31.0 Å². The third-order valence-corrected chi connectivity index (χ3v) is 2.83. The zero-order valence-corrected chi connectivity index (χ0v) is 12.0. The molecule has 0 aromatic heterocycles. The van der Waals surface area contributed by atoms with E-state index in [1.165, 1.54) is 0 Å². The van der Waals surface area contributed by atoms with Gasteiger partial charge in [-0.25, -0.2) is 0 Å². The number of esters is 1. The predicted octanol–water partition coefficient (Wildman–Crippen LogP) is 3.30. The molecule has 0 spiro atoms. The molecular formula is C17H20O3. The first-order chi connectivity index (χ1) is 9.71. The molecule has 0 N–H and O–H groups in total. The minimum absolute atomic E-state index is 0.232. The maximum absolute atomic E-state index is 11.7. The van der Waals surface area contributed by atoms with Gasteiger partial charge in [0.15, 0.2) is 0 Å². The van der Waals surface area contributed by atoms with Crippen LogP contribution in [0.15, 0.2) is 30.3 Å². The topological polar surface area (TPSA) is 35.5 Å². The predicted molar refractivity (Wildman–Crippen MR) is 80.2 cm³/mol. The second-order valence-electron chi connectivity index (χ2n) is 4.27. The van der Waals surface area contributed by atoms with Gasteiger partial charge in [-0.15, -0.1) is 12.3 Å². The lowest BCUT2D eigenvalue weighted by atomic mass is 10.0. The van der Waals surface area contributed by atoms with Crippen LogP contribution in [0.25, 0.3) is 6.08 Å². The molecule has 0 fully saturated rings. The van der Waals surface area contributed by atoms with Crippen molar-refractivity contribution in [1.82, 2.24) is 0 Å². The van der Waals surface area contributed by atoms with Gasteiger partial charge in [-0.2, -0.15) is 0 Å². The molecule has 1 atom stereocenters. The number of allylic oxidation sites excluding steroid dienone is 1. The molecular weight excluding hydrogens is 252 g/mol. The first-order valence-electron chi connectivity index (χ1n) is 6.62. The van der Waals surface area contributed by atoms with Crippen LogP contribution in [0.2, 0.25) is 0 Å². The number of hydrogen-bond donors (Lipinski definition) is 0. The number of benzene rings is 1. The molecule has 3 heteroatoms. The van der Waals surface area contributed by atoms with Crippen molar-refractivity contribution in [3.8, 4) is 18.1 Å². The molecule has 0 unspecified atom stereocenters. The largest absolute Gasteiger partial charge is 0.497 e. The third-order valence-electron chi connectivity index (χ3n) is 2.83. The Morgan fingerprint density at radius 2 is 2.10 bits per heavy atom. The quantitative estimate of drug-likeness (QED) is 0.564. The second kappa shape index (κ2) is 8.82. The van der Waals surface area contributed by atoms with Crippen LogP contribution in [0.3, 0.4) is 0 Å². The van der Waals surface area contributed by atoms with Crippen molar-refractivity contribution in [3.05, 3.63) is 35.9 Å². The fourth-order valence-corrected chi connectivity index (χ4v) is 1.75. The highest BCUT2D eigenvalue weighted by molar-refractivity contribution is 5.73. The number of methoxy groups -OCH3 is 1. The number of carbonyl (C=O) groups is 1. The standard InChI is InChI=1S/C17H20O3/c1-4-7-15(17(18)20-5-2)9-6-8-14-10-12-16(19-3)13-11-14/h1,6,8,10-13,15H,5,7,9H2,2-3H3/b8-6+/t15-/m1/s1. The Morgan fingerprint density at radius 3 is 2.65 bits per heavy atom. The number of rotatable bonds is 7. The van der Waals surface area contributed by atoms with Crippen molar-refractivity contribution < 1.29 is 14.3 Å². The lowest BCUT2D eigenvalue weighted by Crippen LogP contribution is -2.16. The number of terminal acetylenes is 1. The molecule has 0 amide bonds. The van der Waals surface area contributed by atoms with Crippen molar-refractivity contribution in [2.24, 2.45) is 5.92 Å². The zero-order valence-electron chi connectivity index (χ0n) is 12.0. The van der Waals surface area contributed by atoms with Crippen LogP contribution in [0.4, 0.5) is 0 Å². The Labute approximate surface area is 120 Å². The average molecular weight is 272 g/mol. The van der Waals surface area contributed by atoms with Gasteiger partial charge in [0.2, 0.25) is 0 Å². The molecule has 0 heterocycles. The molecule has 0 bridgehead atoms. The Bertz CT molecular complexity index is 480. The van der Waals surface area contributed by atoms with Crippen LogP contribution in [0.1, 0.15) is 25.3 Å². The molecule has 1 aromatic carbocycles. The summed E-state index contributed by atoms with van der Waals surface area (Å²) in [4.78, 5) is 11.7. The normalized spacial score (nSPS) is 11.8. The highest BCUT2D eigenvalue weighted by Crippen LogP contribution is 2.15. The maximum Gasteiger partial charge on any atom is 0.310 e. The zero-order chi connectivity index (χ0) is 14.8. The minimum atomic E-state index is -0.269. The lowest BCUT2D eigenvalue weighted by molar-refractivity contribution is -0.147. The van der Waals surface area contributed by atoms with Gasteiger partial charge in [0.05, 0.1) is 19.6 Å². The molecule has 1 rings (SSSR count). The summed E-state index contributed by atoms with van der Waals surface area (Å²) >= 11 is 0. The Hall–Kier alpha value is -2.21. The first kappa shape index (κ1) is 15.8. The molecule has 0 radical (unpaired) electrons. The van der Waals surface area contributed by atoms with Gasteiger partial charge < -0.3 is 9.47 Å². The van der Waals surface area contributed by atoms with Crippen molar-refractivity contribution >= 4 is 12.0 Å². The maximum atomic E-state index is 11.7. The van der Waals surface area contributed by atoms with E-state index in [4.69, 9.17) is 15.9 Å². The average Bonchev–Trinajstić information content (AvgIpc) is 2.47. The van der Waals surface area contributed by atoms with Crippen LogP contribution in [0.5, 0.6) is 5.75 Å². The summed E-state index contributed by atoms with van der Waals surface area (Å²) in [5.41, 5.74) is 1.05. The highest BCUT2D eigenvalue weighted by Gasteiger charge is 2.16. The molecule has 0 aliphatic carbocycles. The lowest BCUT2D eigenvalue weighted by Gasteiger charge is -2.10. The van der Waals surface area contributed by atoms with Crippen molar-refractivity contribution in [3.63, 3.8) is 0 Å². The van der Waals surface area contributed by atoms with E-state index in [1.54, 1.807) is 14.0 Å². The molecule has 0 saturated carbocycles. The minimum Gasteiger partial charge on any atom is -0.497 e. The van der Waals surface area contributed by atoms with E-state index in [0.29, 0.717) is 19.4 Å². The molecule has 106 valence electrons. The number of hydrogen-bond acceptors (Lipinski definition) is 3. The van der Waals surface area contributed by atoms with Crippen molar-refractivity contribution in [2.75, 3.05) is 13.7 Å². The summed E-state index contributed by atoms with van der Waals surface area (Å²) in [5, 5.41) is 0. The fraction of sp³-hybridized carbons (Fsp3) is 0.353. The van der Waals surface area contributed by atoms with Gasteiger partial charge in [0.1, 0.15) is 5.75 Å². The van der Waals surface area contributed by atoms with E-state index in [0.717, 1.165) is 11.3 Å². The van der Waals surface area contributed by atoms with Crippen molar-refractivity contribution in [1.29, 1.82) is 0 Å². The Balaban J connectivity index is 2.59. The number of carbonyl (C=O) groups excluding carboxylic acids is 1. The summed E-state index contributed by atoms with van der Waals surface area (Å²) < 4.78 is 10.1. The molecule has 3 nitrogen and oxygen atoms in total. The van der Waals surface area contributed by atoms with Crippen LogP contribution in [-0.4, -0.2) is 19.7 Å². The molecule has 0 saturated heterocycles. The van der Waals surface area contributed by atoms with E-state index in [1.807, 2.05) is 36.4 Å². The SMILES string of the molecule is C#CC[C@H](C/C=C/c1ccc(OC)cc1)C(=O)OCC. The fourth-order valence-electron chi connectivity index (χ4n) is 1.75. The van der Waals surface area contributed by atoms with E-state index in [2.05, 4.69) is 5.92 Å². The summed E-state index contributed by atoms with van der Waals surface area (Å²) in [6.07, 6.45) is 10.2. The molecule has 0 aliphatic rings. The van der Waals surface area contributed by atoms with E-state index < -0.39 is 0 Å². The molecule has 20 heavy (non-hydrogen) atoms. The van der Waals surface area contributed by atoms with Gasteiger partial charge in [-0.3, -0.25) is 4.79 Å². The van der Waals surface area contributed by atoms with Crippen LogP contribution in [0, 0.1) is 18.3 Å². The smallest absolute Gasteiger partial charge is 0.310 e.